The third-order valence-corrected chi connectivity index (χ3v) is 10.3. The SMILES string of the molecule is CC(CCC(=O)O)[C@H]1CC[C@H]2[C@@H]3CC[C@@H]4C[C@H](O)CCC4(C)[C@H]3C[C@H](O)C12C. The predicted octanol–water partition coefficient (Wildman–Crippen LogP) is 4.48. The summed E-state index contributed by atoms with van der Waals surface area (Å²) in [5, 5.41) is 30.8. The van der Waals surface area contributed by atoms with Gasteiger partial charge >= 0.3 is 5.97 Å². The van der Waals surface area contributed by atoms with E-state index in [1.165, 1.54) is 19.3 Å². The summed E-state index contributed by atoms with van der Waals surface area (Å²) in [5.41, 5.74) is 0.216. The maximum Gasteiger partial charge on any atom is 0.303 e. The summed E-state index contributed by atoms with van der Waals surface area (Å²) in [6, 6.07) is 0. The van der Waals surface area contributed by atoms with Crippen LogP contribution in [0.15, 0.2) is 0 Å². The fourth-order valence-electron chi connectivity index (χ4n) is 8.71. The minimum Gasteiger partial charge on any atom is -0.481 e. The van der Waals surface area contributed by atoms with Crippen molar-refractivity contribution in [3.05, 3.63) is 0 Å². The van der Waals surface area contributed by atoms with Gasteiger partial charge in [-0.15, -0.1) is 0 Å². The van der Waals surface area contributed by atoms with E-state index in [4.69, 9.17) is 5.11 Å². The first-order chi connectivity index (χ1) is 13.2. The highest BCUT2D eigenvalue weighted by atomic mass is 16.4. The molecule has 4 aliphatic carbocycles. The van der Waals surface area contributed by atoms with E-state index in [0.717, 1.165) is 38.5 Å². The van der Waals surface area contributed by atoms with Gasteiger partial charge in [0.2, 0.25) is 0 Å². The molecule has 4 fully saturated rings. The average molecular weight is 393 g/mol. The van der Waals surface area contributed by atoms with E-state index in [0.29, 0.717) is 35.5 Å². The number of hydrogen-bond acceptors (Lipinski definition) is 3. The molecule has 0 aromatic rings. The molecule has 160 valence electrons. The lowest BCUT2D eigenvalue weighted by Crippen LogP contribution is -2.58. The van der Waals surface area contributed by atoms with Crippen LogP contribution in [0.3, 0.4) is 0 Å². The van der Waals surface area contributed by atoms with E-state index in [1.807, 2.05) is 0 Å². The second-order valence-electron chi connectivity index (χ2n) is 11.3. The largest absolute Gasteiger partial charge is 0.481 e. The molecule has 28 heavy (non-hydrogen) atoms. The van der Waals surface area contributed by atoms with Gasteiger partial charge in [0, 0.05) is 6.42 Å². The molecule has 0 saturated heterocycles. The van der Waals surface area contributed by atoms with Crippen molar-refractivity contribution in [3.8, 4) is 0 Å². The van der Waals surface area contributed by atoms with Crippen LogP contribution in [0.5, 0.6) is 0 Å². The van der Waals surface area contributed by atoms with Crippen LogP contribution in [0, 0.1) is 46.3 Å². The Kier molecular flexibility index (Phi) is 5.36. The molecule has 4 heteroatoms. The van der Waals surface area contributed by atoms with Crippen molar-refractivity contribution in [3.63, 3.8) is 0 Å². The number of hydrogen-bond donors (Lipinski definition) is 3. The minimum absolute atomic E-state index is 0.0591. The molecule has 4 aliphatic rings. The molecule has 0 radical (unpaired) electrons. The maximum absolute atomic E-state index is 11.5. The lowest BCUT2D eigenvalue weighted by molar-refractivity contribution is -0.175. The Balaban J connectivity index is 1.56. The Morgan fingerprint density at radius 2 is 1.79 bits per heavy atom. The Morgan fingerprint density at radius 1 is 1.04 bits per heavy atom. The zero-order valence-corrected chi connectivity index (χ0v) is 17.9. The van der Waals surface area contributed by atoms with Crippen molar-refractivity contribution in [1.29, 1.82) is 0 Å². The van der Waals surface area contributed by atoms with Gasteiger partial charge in [0.25, 0.3) is 0 Å². The Labute approximate surface area is 170 Å². The summed E-state index contributed by atoms with van der Waals surface area (Å²) in [5.74, 6) is 2.55. The molecule has 0 amide bonds. The molecule has 4 nitrogen and oxygen atoms in total. The number of aliphatic hydroxyl groups is 2. The number of carboxylic acid groups (broad SMARTS) is 1. The van der Waals surface area contributed by atoms with Crippen LogP contribution in [-0.4, -0.2) is 33.5 Å². The van der Waals surface area contributed by atoms with Crippen LogP contribution < -0.4 is 0 Å². The lowest BCUT2D eigenvalue weighted by atomic mass is 9.43. The third kappa shape index (κ3) is 3.05. The quantitative estimate of drug-likeness (QED) is 0.659. The Morgan fingerprint density at radius 3 is 2.50 bits per heavy atom. The smallest absolute Gasteiger partial charge is 0.303 e. The molecule has 4 saturated carbocycles. The van der Waals surface area contributed by atoms with Gasteiger partial charge in [0.15, 0.2) is 0 Å². The molecule has 3 N–H and O–H groups in total. The second-order valence-corrected chi connectivity index (χ2v) is 11.3. The highest BCUT2D eigenvalue weighted by Crippen LogP contribution is 2.68. The van der Waals surface area contributed by atoms with Gasteiger partial charge in [0.05, 0.1) is 12.2 Å². The number of carboxylic acids is 1. The van der Waals surface area contributed by atoms with Gasteiger partial charge in [0.1, 0.15) is 0 Å². The average Bonchev–Trinajstić information content (AvgIpc) is 3.00. The number of aliphatic hydroxyl groups excluding tert-OH is 2. The molecule has 0 spiro atoms. The lowest BCUT2D eigenvalue weighted by Gasteiger charge is -2.62. The zero-order chi connectivity index (χ0) is 20.3. The van der Waals surface area contributed by atoms with Gasteiger partial charge in [-0.25, -0.2) is 0 Å². The summed E-state index contributed by atoms with van der Waals surface area (Å²) in [7, 11) is 0. The molecule has 0 aromatic carbocycles. The summed E-state index contributed by atoms with van der Waals surface area (Å²) in [6.45, 7) is 6.99. The van der Waals surface area contributed by atoms with Crippen LogP contribution in [0.1, 0.15) is 85.0 Å². The van der Waals surface area contributed by atoms with Crippen LogP contribution in [0.2, 0.25) is 0 Å². The molecular weight excluding hydrogens is 352 g/mol. The van der Waals surface area contributed by atoms with Crippen molar-refractivity contribution in [2.45, 2.75) is 97.2 Å². The molecular formula is C24H40O4. The summed E-state index contributed by atoms with van der Waals surface area (Å²) in [4.78, 5) is 11.1. The molecule has 10 atom stereocenters. The topological polar surface area (TPSA) is 77.8 Å². The molecule has 0 heterocycles. The van der Waals surface area contributed by atoms with Crippen molar-refractivity contribution in [2.24, 2.45) is 46.3 Å². The van der Waals surface area contributed by atoms with Crippen LogP contribution >= 0.6 is 0 Å². The zero-order valence-electron chi connectivity index (χ0n) is 17.9. The van der Waals surface area contributed by atoms with Gasteiger partial charge in [-0.3, -0.25) is 4.79 Å². The molecule has 4 rings (SSSR count). The Bertz CT molecular complexity index is 605. The standard InChI is InChI=1S/C24H40O4/c1-14(4-9-22(27)28)18-7-8-19-17-6-5-15-12-16(25)10-11-23(15,2)20(17)13-21(26)24(18,19)3/h14-21,25-26H,4-13H2,1-3H3,(H,27,28)/t14?,15-,16-,17+,18-,19+,20+,21+,23?,24?/m1/s1. The molecule has 0 aromatic heterocycles. The number of aliphatic carboxylic acids is 1. The van der Waals surface area contributed by atoms with Gasteiger partial charge in [-0.1, -0.05) is 20.8 Å². The normalized spacial score (nSPS) is 51.7. The highest BCUT2D eigenvalue weighted by molar-refractivity contribution is 5.66. The summed E-state index contributed by atoms with van der Waals surface area (Å²) < 4.78 is 0. The number of carbonyl (C=O) groups is 1. The van der Waals surface area contributed by atoms with Crippen LogP contribution in [0.4, 0.5) is 0 Å². The highest BCUT2D eigenvalue weighted by Gasteiger charge is 2.63. The van der Waals surface area contributed by atoms with E-state index in [-0.39, 0.29) is 29.5 Å². The summed E-state index contributed by atoms with van der Waals surface area (Å²) in [6.07, 6.45) is 9.26. The fourth-order valence-corrected chi connectivity index (χ4v) is 8.71. The van der Waals surface area contributed by atoms with Gasteiger partial charge < -0.3 is 15.3 Å². The summed E-state index contributed by atoms with van der Waals surface area (Å²) >= 11 is 0. The van der Waals surface area contributed by atoms with E-state index in [9.17, 15) is 15.0 Å². The van der Waals surface area contributed by atoms with E-state index >= 15 is 0 Å². The first kappa shape index (κ1) is 20.7. The van der Waals surface area contributed by atoms with E-state index in [2.05, 4.69) is 20.8 Å². The van der Waals surface area contributed by atoms with Crippen molar-refractivity contribution >= 4 is 5.97 Å². The molecule has 0 bridgehead atoms. The number of rotatable bonds is 4. The fraction of sp³-hybridized carbons (Fsp3) is 0.958. The second kappa shape index (κ2) is 7.27. The van der Waals surface area contributed by atoms with Crippen molar-refractivity contribution < 1.29 is 20.1 Å². The predicted molar refractivity (Wildman–Crippen MR) is 109 cm³/mol. The monoisotopic (exact) mass is 392 g/mol. The van der Waals surface area contributed by atoms with Gasteiger partial charge in [-0.2, -0.15) is 0 Å². The van der Waals surface area contributed by atoms with E-state index in [1.54, 1.807) is 0 Å². The third-order valence-electron chi connectivity index (χ3n) is 10.3. The van der Waals surface area contributed by atoms with Crippen LogP contribution in [0.25, 0.3) is 0 Å². The van der Waals surface area contributed by atoms with Gasteiger partial charge in [-0.05, 0) is 104 Å². The van der Waals surface area contributed by atoms with Crippen molar-refractivity contribution in [2.75, 3.05) is 0 Å². The Hall–Kier alpha value is -0.610. The first-order valence-electron chi connectivity index (χ1n) is 11.8. The molecule has 3 unspecified atom stereocenters. The van der Waals surface area contributed by atoms with E-state index < -0.39 is 5.97 Å². The van der Waals surface area contributed by atoms with Crippen LogP contribution in [-0.2, 0) is 4.79 Å². The molecule has 0 aliphatic heterocycles. The maximum atomic E-state index is 11.5. The number of fused-ring (bicyclic) bond motifs is 5. The van der Waals surface area contributed by atoms with Crippen molar-refractivity contribution in [1.82, 2.24) is 0 Å². The first-order valence-corrected chi connectivity index (χ1v) is 11.8. The minimum atomic E-state index is -0.707.